The second-order valence-corrected chi connectivity index (χ2v) is 4.21. The summed E-state index contributed by atoms with van der Waals surface area (Å²) in [6.07, 6.45) is 1.31. The van der Waals surface area contributed by atoms with Crippen molar-refractivity contribution in [3.05, 3.63) is 29.8 Å². The van der Waals surface area contributed by atoms with Crippen LogP contribution in [0.2, 0.25) is 0 Å². The van der Waals surface area contributed by atoms with Crippen molar-refractivity contribution in [3.63, 3.8) is 0 Å². The molecule has 0 saturated carbocycles. The van der Waals surface area contributed by atoms with Crippen LogP contribution in [-0.4, -0.2) is 23.3 Å². The van der Waals surface area contributed by atoms with Gasteiger partial charge in [-0.15, -0.1) is 0 Å². The summed E-state index contributed by atoms with van der Waals surface area (Å²) in [5.41, 5.74) is 5.99. The second-order valence-electron chi connectivity index (χ2n) is 4.21. The van der Waals surface area contributed by atoms with Gasteiger partial charge in [0, 0.05) is 12.5 Å². The molecule has 0 bridgehead atoms. The first kappa shape index (κ1) is 13.5. The van der Waals surface area contributed by atoms with E-state index >= 15 is 0 Å². The number of hydrogen-bond donors (Lipinski definition) is 1. The Labute approximate surface area is 110 Å². The molecule has 0 fully saturated rings. The Hall–Kier alpha value is -1.95. The van der Waals surface area contributed by atoms with Gasteiger partial charge in [0.25, 0.3) is 5.89 Å². The number of benzene rings is 1. The van der Waals surface area contributed by atoms with Gasteiger partial charge in [-0.25, -0.2) is 4.39 Å². The zero-order chi connectivity index (χ0) is 13.8. The zero-order valence-electron chi connectivity index (χ0n) is 10.9. The molecule has 1 aromatic heterocycles. The first-order chi connectivity index (χ1) is 9.15. The highest BCUT2D eigenvalue weighted by atomic mass is 19.1. The minimum Gasteiger partial charge on any atom is -0.496 e. The van der Waals surface area contributed by atoms with E-state index in [1.165, 1.54) is 13.2 Å². The number of rotatable bonds is 5. The number of ether oxygens (including phenoxy) is 1. The van der Waals surface area contributed by atoms with Crippen LogP contribution in [0.25, 0.3) is 11.5 Å². The maximum atomic E-state index is 13.8. The van der Waals surface area contributed by atoms with E-state index in [9.17, 15) is 4.39 Å². The van der Waals surface area contributed by atoms with Gasteiger partial charge in [0.2, 0.25) is 0 Å². The fourth-order valence-electron chi connectivity index (χ4n) is 1.70. The molecule has 2 aromatic rings. The van der Waals surface area contributed by atoms with Gasteiger partial charge in [-0.1, -0.05) is 18.1 Å². The molecule has 0 radical (unpaired) electrons. The molecule has 19 heavy (non-hydrogen) atoms. The van der Waals surface area contributed by atoms with Crippen LogP contribution in [0, 0.1) is 5.82 Å². The molecular weight excluding hydrogens is 249 g/mol. The van der Waals surface area contributed by atoms with Gasteiger partial charge < -0.3 is 15.0 Å². The lowest BCUT2D eigenvalue weighted by Gasteiger charge is -2.05. The van der Waals surface area contributed by atoms with Crippen LogP contribution < -0.4 is 10.5 Å². The largest absolute Gasteiger partial charge is 0.496 e. The average Bonchev–Trinajstić information content (AvgIpc) is 2.86. The topological polar surface area (TPSA) is 74.2 Å². The summed E-state index contributed by atoms with van der Waals surface area (Å²) in [4.78, 5) is 4.16. The number of halogens is 1. The molecule has 5 nitrogen and oxygen atoms in total. The SMILES string of the molecule is CCC(N)Cc1noc(-c2c(F)cccc2OC)n1. The molecular formula is C13H16FN3O2. The van der Waals surface area contributed by atoms with Gasteiger partial charge in [0.05, 0.1) is 7.11 Å². The van der Waals surface area contributed by atoms with Crippen molar-refractivity contribution in [3.8, 4) is 17.2 Å². The van der Waals surface area contributed by atoms with Crippen LogP contribution in [0.4, 0.5) is 4.39 Å². The van der Waals surface area contributed by atoms with Crippen molar-refractivity contribution < 1.29 is 13.7 Å². The average molecular weight is 265 g/mol. The van der Waals surface area contributed by atoms with Crippen molar-refractivity contribution in [2.45, 2.75) is 25.8 Å². The molecule has 0 aliphatic rings. The molecule has 1 unspecified atom stereocenters. The fourth-order valence-corrected chi connectivity index (χ4v) is 1.70. The van der Waals surface area contributed by atoms with E-state index in [1.54, 1.807) is 12.1 Å². The van der Waals surface area contributed by atoms with Crippen LogP contribution in [-0.2, 0) is 6.42 Å². The zero-order valence-corrected chi connectivity index (χ0v) is 10.9. The summed E-state index contributed by atoms with van der Waals surface area (Å²) >= 11 is 0. The molecule has 6 heteroatoms. The van der Waals surface area contributed by atoms with Gasteiger partial charge >= 0.3 is 0 Å². The Morgan fingerprint density at radius 1 is 1.47 bits per heavy atom. The van der Waals surface area contributed by atoms with Crippen molar-refractivity contribution in [2.24, 2.45) is 5.73 Å². The van der Waals surface area contributed by atoms with Crippen LogP contribution in [0.15, 0.2) is 22.7 Å². The summed E-state index contributed by atoms with van der Waals surface area (Å²) in [5, 5.41) is 3.81. The number of nitrogens with zero attached hydrogens (tertiary/aromatic N) is 2. The molecule has 1 atom stereocenters. The predicted octanol–water partition coefficient (Wildman–Crippen LogP) is 2.16. The third kappa shape index (κ3) is 2.90. The van der Waals surface area contributed by atoms with E-state index in [0.29, 0.717) is 18.0 Å². The van der Waals surface area contributed by atoms with E-state index < -0.39 is 5.82 Å². The maximum Gasteiger partial charge on any atom is 0.264 e. The Morgan fingerprint density at radius 3 is 2.95 bits per heavy atom. The minimum absolute atomic E-state index is 0.0343. The van der Waals surface area contributed by atoms with Crippen molar-refractivity contribution >= 4 is 0 Å². The van der Waals surface area contributed by atoms with Crippen LogP contribution in [0.1, 0.15) is 19.2 Å². The molecule has 0 amide bonds. The first-order valence-corrected chi connectivity index (χ1v) is 6.06. The van der Waals surface area contributed by atoms with E-state index in [0.717, 1.165) is 6.42 Å². The predicted molar refractivity (Wildman–Crippen MR) is 68.2 cm³/mol. The summed E-state index contributed by atoms with van der Waals surface area (Å²) in [5.74, 6) is 0.465. The van der Waals surface area contributed by atoms with Gasteiger partial charge in [-0.3, -0.25) is 0 Å². The van der Waals surface area contributed by atoms with Crippen LogP contribution in [0.3, 0.4) is 0 Å². The fraction of sp³-hybridized carbons (Fsp3) is 0.385. The maximum absolute atomic E-state index is 13.8. The minimum atomic E-state index is -0.464. The monoisotopic (exact) mass is 265 g/mol. The Morgan fingerprint density at radius 2 is 2.26 bits per heavy atom. The third-order valence-electron chi connectivity index (χ3n) is 2.85. The van der Waals surface area contributed by atoms with Crippen molar-refractivity contribution in [1.82, 2.24) is 10.1 Å². The van der Waals surface area contributed by atoms with Gasteiger partial charge in [-0.05, 0) is 18.6 Å². The van der Waals surface area contributed by atoms with E-state index in [1.807, 2.05) is 6.92 Å². The molecule has 1 heterocycles. The lowest BCUT2D eigenvalue weighted by Crippen LogP contribution is -2.21. The lowest BCUT2D eigenvalue weighted by atomic mass is 10.1. The first-order valence-electron chi connectivity index (χ1n) is 6.06. The number of hydrogen-bond acceptors (Lipinski definition) is 5. The van der Waals surface area contributed by atoms with Crippen molar-refractivity contribution in [2.75, 3.05) is 7.11 Å². The summed E-state index contributed by atoms with van der Waals surface area (Å²) in [6, 6.07) is 4.48. The van der Waals surface area contributed by atoms with Crippen LogP contribution >= 0.6 is 0 Å². The second kappa shape index (κ2) is 5.79. The highest BCUT2D eigenvalue weighted by molar-refractivity contribution is 5.63. The normalized spacial score (nSPS) is 12.4. The Kier molecular flexibility index (Phi) is 4.11. The number of methoxy groups -OCH3 is 1. The molecule has 102 valence electrons. The molecule has 0 spiro atoms. The number of nitrogens with two attached hydrogens (primary N) is 1. The van der Waals surface area contributed by atoms with Crippen molar-refractivity contribution in [1.29, 1.82) is 0 Å². The van der Waals surface area contributed by atoms with Gasteiger partial charge in [0.1, 0.15) is 17.1 Å². The Balaban J connectivity index is 2.33. The molecule has 2 rings (SSSR count). The van der Waals surface area contributed by atoms with Gasteiger partial charge in [0.15, 0.2) is 5.82 Å². The number of aromatic nitrogens is 2. The van der Waals surface area contributed by atoms with E-state index in [4.69, 9.17) is 15.0 Å². The Bertz CT molecular complexity index is 557. The third-order valence-corrected chi connectivity index (χ3v) is 2.85. The van der Waals surface area contributed by atoms with Gasteiger partial charge in [-0.2, -0.15) is 4.98 Å². The van der Waals surface area contributed by atoms with E-state index in [-0.39, 0.29) is 17.5 Å². The molecule has 0 saturated heterocycles. The summed E-state index contributed by atoms with van der Waals surface area (Å²) < 4.78 is 24.0. The smallest absolute Gasteiger partial charge is 0.264 e. The highest BCUT2D eigenvalue weighted by Crippen LogP contribution is 2.31. The lowest BCUT2D eigenvalue weighted by molar-refractivity contribution is 0.397. The quantitative estimate of drug-likeness (QED) is 0.896. The molecule has 1 aromatic carbocycles. The molecule has 2 N–H and O–H groups in total. The molecule has 0 aliphatic carbocycles. The van der Waals surface area contributed by atoms with Crippen LogP contribution in [0.5, 0.6) is 5.75 Å². The summed E-state index contributed by atoms with van der Waals surface area (Å²) in [6.45, 7) is 1.98. The molecule has 0 aliphatic heterocycles. The summed E-state index contributed by atoms with van der Waals surface area (Å²) in [7, 11) is 1.46. The highest BCUT2D eigenvalue weighted by Gasteiger charge is 2.18. The standard InChI is InChI=1S/C13H16FN3O2/c1-3-8(15)7-11-16-13(19-17-11)12-9(14)5-4-6-10(12)18-2/h4-6,8H,3,7,15H2,1-2H3. The van der Waals surface area contributed by atoms with E-state index in [2.05, 4.69) is 10.1 Å².